The fraction of sp³-hybridized carbons (Fsp3) is 0.533. The van der Waals surface area contributed by atoms with Crippen molar-refractivity contribution in [2.45, 2.75) is 19.8 Å². The van der Waals surface area contributed by atoms with Crippen molar-refractivity contribution in [2.24, 2.45) is 5.41 Å². The number of anilines is 2. The summed E-state index contributed by atoms with van der Waals surface area (Å²) in [7, 11) is 2.16. The second kappa shape index (κ2) is 5.11. The number of fused-ring (bicyclic) bond motifs is 1. The van der Waals surface area contributed by atoms with E-state index >= 15 is 0 Å². The van der Waals surface area contributed by atoms with Gasteiger partial charge in [0.25, 0.3) is 0 Å². The summed E-state index contributed by atoms with van der Waals surface area (Å²) in [5.74, 6) is -0.455. The number of benzene rings is 1. The van der Waals surface area contributed by atoms with Crippen molar-refractivity contribution in [1.29, 1.82) is 0 Å². The lowest BCUT2D eigenvalue weighted by atomic mass is 9.80. The van der Waals surface area contributed by atoms with Crippen LogP contribution in [0.4, 0.5) is 11.4 Å². The summed E-state index contributed by atoms with van der Waals surface area (Å²) >= 11 is 0. The monoisotopic (exact) mass is 290 g/mol. The van der Waals surface area contributed by atoms with Crippen LogP contribution in [-0.2, 0) is 0 Å². The lowest BCUT2D eigenvalue weighted by Gasteiger charge is -2.38. The molecule has 21 heavy (non-hydrogen) atoms. The first-order chi connectivity index (χ1) is 9.95. The van der Waals surface area contributed by atoms with Gasteiger partial charge in [0.2, 0.25) is 0 Å². The first-order valence-electron chi connectivity index (χ1n) is 7.30. The molecule has 0 saturated carbocycles. The molecule has 2 aromatic rings. The molecule has 0 spiro atoms. The SMILES string of the molecule is CN1CCC(C)(CNc2cc3[nH]c(=O)oc3cc2N)CC1. The predicted molar refractivity (Wildman–Crippen MR) is 84.6 cm³/mol. The van der Waals surface area contributed by atoms with Crippen molar-refractivity contribution in [1.82, 2.24) is 9.88 Å². The molecule has 1 aromatic heterocycles. The number of hydrogen-bond donors (Lipinski definition) is 3. The Hall–Kier alpha value is -1.95. The van der Waals surface area contributed by atoms with Crippen LogP contribution in [0, 0.1) is 5.41 Å². The normalized spacial score (nSPS) is 19.0. The molecule has 1 saturated heterocycles. The maximum atomic E-state index is 11.2. The van der Waals surface area contributed by atoms with Crippen LogP contribution in [0.2, 0.25) is 0 Å². The molecular formula is C15H22N4O2. The van der Waals surface area contributed by atoms with E-state index in [1.54, 1.807) is 6.07 Å². The van der Waals surface area contributed by atoms with Gasteiger partial charge in [0.15, 0.2) is 5.58 Å². The topological polar surface area (TPSA) is 87.3 Å². The fourth-order valence-electron chi connectivity index (χ4n) is 2.81. The van der Waals surface area contributed by atoms with E-state index in [4.69, 9.17) is 10.2 Å². The highest BCUT2D eigenvalue weighted by Gasteiger charge is 2.28. The Morgan fingerprint density at radius 3 is 2.86 bits per heavy atom. The standard InChI is InChI=1S/C15H22N4O2/c1-15(3-5-19(2)6-4-15)9-17-11-8-12-13(7-10(11)16)21-14(20)18-12/h7-8,17H,3-6,9,16H2,1-2H3,(H,18,20). The molecule has 0 aliphatic carbocycles. The quantitative estimate of drug-likeness (QED) is 0.751. The average molecular weight is 290 g/mol. The van der Waals surface area contributed by atoms with E-state index in [2.05, 4.69) is 29.2 Å². The third kappa shape index (κ3) is 2.90. The minimum absolute atomic E-state index is 0.276. The molecule has 0 bridgehead atoms. The average Bonchev–Trinajstić information content (AvgIpc) is 2.79. The van der Waals surface area contributed by atoms with Gasteiger partial charge >= 0.3 is 5.76 Å². The number of hydrogen-bond acceptors (Lipinski definition) is 5. The molecule has 1 fully saturated rings. The molecule has 1 aliphatic heterocycles. The Kier molecular flexibility index (Phi) is 3.41. The van der Waals surface area contributed by atoms with E-state index in [1.165, 1.54) is 12.8 Å². The number of oxazole rings is 1. The van der Waals surface area contributed by atoms with Gasteiger partial charge in [-0.1, -0.05) is 6.92 Å². The summed E-state index contributed by atoms with van der Waals surface area (Å²) in [5, 5.41) is 3.43. The molecule has 3 rings (SSSR count). The number of nitrogen functional groups attached to an aromatic ring is 1. The van der Waals surface area contributed by atoms with Gasteiger partial charge in [0, 0.05) is 12.6 Å². The molecule has 1 aliphatic rings. The van der Waals surface area contributed by atoms with Gasteiger partial charge in [-0.15, -0.1) is 0 Å². The number of aromatic nitrogens is 1. The lowest BCUT2D eigenvalue weighted by molar-refractivity contribution is 0.150. The minimum Gasteiger partial charge on any atom is -0.408 e. The number of piperidine rings is 1. The lowest BCUT2D eigenvalue weighted by Crippen LogP contribution is -2.40. The number of aromatic amines is 1. The van der Waals surface area contributed by atoms with Crippen molar-refractivity contribution in [2.75, 3.05) is 37.7 Å². The van der Waals surface area contributed by atoms with Gasteiger partial charge in [-0.25, -0.2) is 4.79 Å². The zero-order valence-electron chi connectivity index (χ0n) is 12.5. The van der Waals surface area contributed by atoms with Crippen molar-refractivity contribution >= 4 is 22.5 Å². The highest BCUT2D eigenvalue weighted by Crippen LogP contribution is 2.32. The Bertz CT molecular complexity index is 695. The Morgan fingerprint density at radius 1 is 1.43 bits per heavy atom. The van der Waals surface area contributed by atoms with Crippen LogP contribution < -0.4 is 16.8 Å². The Labute approximate surface area is 123 Å². The third-order valence-corrected chi connectivity index (χ3v) is 4.49. The van der Waals surface area contributed by atoms with E-state index < -0.39 is 5.76 Å². The number of rotatable bonds is 3. The summed E-state index contributed by atoms with van der Waals surface area (Å²) in [6, 6.07) is 3.53. The van der Waals surface area contributed by atoms with Crippen molar-refractivity contribution < 1.29 is 4.42 Å². The van der Waals surface area contributed by atoms with E-state index in [1.807, 2.05) is 6.07 Å². The first-order valence-corrected chi connectivity index (χ1v) is 7.30. The van der Waals surface area contributed by atoms with E-state index in [-0.39, 0.29) is 5.41 Å². The van der Waals surface area contributed by atoms with Crippen molar-refractivity contribution in [3.63, 3.8) is 0 Å². The van der Waals surface area contributed by atoms with E-state index in [0.717, 1.165) is 25.3 Å². The highest BCUT2D eigenvalue weighted by atomic mass is 16.4. The van der Waals surface area contributed by atoms with Crippen LogP contribution >= 0.6 is 0 Å². The zero-order valence-corrected chi connectivity index (χ0v) is 12.5. The van der Waals surface area contributed by atoms with Gasteiger partial charge in [0.1, 0.15) is 0 Å². The number of nitrogens with zero attached hydrogens (tertiary/aromatic N) is 1. The highest BCUT2D eigenvalue weighted by molar-refractivity contribution is 5.85. The first kappa shape index (κ1) is 14.0. The second-order valence-electron chi connectivity index (χ2n) is 6.42. The summed E-state index contributed by atoms with van der Waals surface area (Å²) in [6.45, 7) is 5.43. The van der Waals surface area contributed by atoms with Gasteiger partial charge in [-0.05, 0) is 44.5 Å². The predicted octanol–water partition coefficient (Wildman–Crippen LogP) is 1.85. The van der Waals surface area contributed by atoms with Gasteiger partial charge in [-0.2, -0.15) is 0 Å². The Balaban J connectivity index is 1.75. The molecule has 2 heterocycles. The molecule has 4 N–H and O–H groups in total. The Morgan fingerprint density at radius 2 is 2.14 bits per heavy atom. The summed E-state index contributed by atoms with van der Waals surface area (Å²) in [4.78, 5) is 16.2. The molecule has 0 amide bonds. The summed E-state index contributed by atoms with van der Waals surface area (Å²) in [5.41, 5.74) is 8.92. The van der Waals surface area contributed by atoms with Crippen molar-refractivity contribution in [3.8, 4) is 0 Å². The maximum Gasteiger partial charge on any atom is 0.417 e. The number of nitrogens with two attached hydrogens (primary N) is 1. The largest absolute Gasteiger partial charge is 0.417 e. The second-order valence-corrected chi connectivity index (χ2v) is 6.42. The molecule has 6 nitrogen and oxygen atoms in total. The van der Waals surface area contributed by atoms with Gasteiger partial charge in [-0.3, -0.25) is 4.98 Å². The minimum atomic E-state index is -0.455. The van der Waals surface area contributed by atoms with Crippen LogP contribution in [0.25, 0.3) is 11.1 Å². The smallest absolute Gasteiger partial charge is 0.408 e. The molecule has 0 unspecified atom stereocenters. The van der Waals surface area contributed by atoms with Gasteiger partial charge in [0.05, 0.1) is 16.9 Å². The zero-order chi connectivity index (χ0) is 15.0. The maximum absolute atomic E-state index is 11.2. The molecule has 0 atom stereocenters. The molecule has 1 aromatic carbocycles. The molecule has 6 heteroatoms. The summed E-state index contributed by atoms with van der Waals surface area (Å²) in [6.07, 6.45) is 2.34. The third-order valence-electron chi connectivity index (χ3n) is 4.49. The number of likely N-dealkylation sites (tertiary alicyclic amines) is 1. The van der Waals surface area contributed by atoms with Crippen LogP contribution in [0.1, 0.15) is 19.8 Å². The number of nitrogens with one attached hydrogen (secondary N) is 2. The molecule has 114 valence electrons. The summed E-state index contributed by atoms with van der Waals surface area (Å²) < 4.78 is 5.01. The van der Waals surface area contributed by atoms with Crippen LogP contribution in [0.5, 0.6) is 0 Å². The van der Waals surface area contributed by atoms with E-state index in [0.29, 0.717) is 16.8 Å². The van der Waals surface area contributed by atoms with E-state index in [9.17, 15) is 4.79 Å². The van der Waals surface area contributed by atoms with Crippen LogP contribution in [0.15, 0.2) is 21.3 Å². The molecule has 0 radical (unpaired) electrons. The van der Waals surface area contributed by atoms with Crippen molar-refractivity contribution in [3.05, 3.63) is 22.7 Å². The van der Waals surface area contributed by atoms with Gasteiger partial charge < -0.3 is 20.4 Å². The number of H-pyrrole nitrogens is 1. The fourth-order valence-corrected chi connectivity index (χ4v) is 2.81. The van der Waals surface area contributed by atoms with Crippen LogP contribution in [-0.4, -0.2) is 36.6 Å². The molecular weight excluding hydrogens is 268 g/mol. The van der Waals surface area contributed by atoms with Crippen LogP contribution in [0.3, 0.4) is 0 Å².